The van der Waals surface area contributed by atoms with Gasteiger partial charge < -0.3 is 9.67 Å². The second kappa shape index (κ2) is 8.23. The summed E-state index contributed by atoms with van der Waals surface area (Å²) in [6.45, 7) is 3.96. The number of fused-ring (bicyclic) bond motifs is 2. The van der Waals surface area contributed by atoms with E-state index in [0.29, 0.717) is 5.56 Å². The largest absolute Gasteiger partial charge is 0.477 e. The van der Waals surface area contributed by atoms with Crippen molar-refractivity contribution in [2.45, 2.75) is 20.3 Å². The molecule has 3 aromatic heterocycles. The maximum atomic E-state index is 12.6. The van der Waals surface area contributed by atoms with Gasteiger partial charge in [0, 0.05) is 41.3 Å². The number of carboxylic acids is 1. The minimum absolute atomic E-state index is 0.000738. The smallest absolute Gasteiger partial charge is 0.354 e. The van der Waals surface area contributed by atoms with Crippen molar-refractivity contribution in [1.29, 1.82) is 0 Å². The molecule has 6 heteroatoms. The Morgan fingerprint density at radius 2 is 1.79 bits per heavy atom. The monoisotopic (exact) mass is 449 g/mol. The molecule has 0 radical (unpaired) electrons. The van der Waals surface area contributed by atoms with E-state index in [1.165, 1.54) is 12.3 Å². The van der Waals surface area contributed by atoms with Gasteiger partial charge in [0.2, 0.25) is 0 Å². The second-order valence-corrected chi connectivity index (χ2v) is 8.45. The number of aromatic nitrogens is 3. The van der Waals surface area contributed by atoms with E-state index in [2.05, 4.69) is 35.1 Å². The Bertz CT molecular complexity index is 1650. The lowest BCUT2D eigenvalue weighted by Gasteiger charge is -2.15. The quantitative estimate of drug-likeness (QED) is 0.398. The van der Waals surface area contributed by atoms with Crippen LogP contribution in [0.5, 0.6) is 0 Å². The first-order valence-electron chi connectivity index (χ1n) is 11.1. The van der Waals surface area contributed by atoms with Crippen LogP contribution < -0.4 is 5.56 Å². The molecule has 0 atom stereocenters. The Morgan fingerprint density at radius 3 is 2.50 bits per heavy atom. The Kier molecular flexibility index (Phi) is 5.21. The minimum Gasteiger partial charge on any atom is -0.477 e. The fourth-order valence-corrected chi connectivity index (χ4v) is 4.44. The molecular weight excluding hydrogens is 426 g/mol. The molecule has 0 saturated heterocycles. The lowest BCUT2D eigenvalue weighted by molar-refractivity contribution is 0.0690. The first-order valence-corrected chi connectivity index (χ1v) is 11.1. The Morgan fingerprint density at radius 1 is 0.971 bits per heavy atom. The van der Waals surface area contributed by atoms with Gasteiger partial charge in [0.25, 0.3) is 5.56 Å². The van der Waals surface area contributed by atoms with E-state index in [0.717, 1.165) is 56.0 Å². The van der Waals surface area contributed by atoms with Crippen LogP contribution in [0.3, 0.4) is 0 Å². The third-order valence-corrected chi connectivity index (χ3v) is 6.32. The Hall–Kier alpha value is -4.32. The average Bonchev–Trinajstić information content (AvgIpc) is 2.86. The van der Waals surface area contributed by atoms with E-state index in [9.17, 15) is 9.59 Å². The molecule has 0 saturated carbocycles. The van der Waals surface area contributed by atoms with Crippen LogP contribution in [0.2, 0.25) is 0 Å². The van der Waals surface area contributed by atoms with Crippen molar-refractivity contribution in [2.75, 3.05) is 0 Å². The van der Waals surface area contributed by atoms with Crippen molar-refractivity contribution in [1.82, 2.24) is 14.5 Å². The molecule has 0 aliphatic rings. The first-order chi connectivity index (χ1) is 16.4. The number of hydrogen-bond acceptors (Lipinski definition) is 4. The standard InChI is InChI=1S/C28H23N3O3/c1-4-17-11-21(22-10-16(2)27(32)31(3)26(22)12-17)20-7-5-6-18-13-25(30-15-23(18)20)19-8-9-24(28(33)34)29-14-19/h5-15H,4H2,1-3H3,(H,33,34). The van der Waals surface area contributed by atoms with Gasteiger partial charge in [-0.25, -0.2) is 9.78 Å². The average molecular weight is 450 g/mol. The molecule has 0 fully saturated rings. The highest BCUT2D eigenvalue weighted by Crippen LogP contribution is 2.35. The van der Waals surface area contributed by atoms with Crippen LogP contribution in [0, 0.1) is 6.92 Å². The number of rotatable bonds is 4. The van der Waals surface area contributed by atoms with E-state index in [1.54, 1.807) is 10.6 Å². The van der Waals surface area contributed by atoms with Gasteiger partial charge in [-0.2, -0.15) is 0 Å². The number of aryl methyl sites for hydroxylation is 3. The van der Waals surface area contributed by atoms with E-state index >= 15 is 0 Å². The van der Waals surface area contributed by atoms with Crippen LogP contribution in [0.15, 0.2) is 71.8 Å². The van der Waals surface area contributed by atoms with Gasteiger partial charge in [-0.3, -0.25) is 9.78 Å². The summed E-state index contributed by atoms with van der Waals surface area (Å²) in [5.74, 6) is -1.06. The molecular formula is C28H23N3O3. The number of nitrogens with zero attached hydrogens (tertiary/aromatic N) is 3. The number of benzene rings is 2. The van der Waals surface area contributed by atoms with Crippen molar-refractivity contribution in [3.63, 3.8) is 0 Å². The third kappa shape index (κ3) is 3.53. The molecule has 6 nitrogen and oxygen atoms in total. The van der Waals surface area contributed by atoms with Crippen LogP contribution in [0.25, 0.3) is 44.1 Å². The predicted molar refractivity (Wildman–Crippen MR) is 134 cm³/mol. The van der Waals surface area contributed by atoms with Crippen LogP contribution >= 0.6 is 0 Å². The van der Waals surface area contributed by atoms with Crippen molar-refractivity contribution in [3.05, 3.63) is 94.2 Å². The van der Waals surface area contributed by atoms with Crippen LogP contribution in [0.4, 0.5) is 0 Å². The normalized spacial score (nSPS) is 11.3. The third-order valence-electron chi connectivity index (χ3n) is 6.32. The second-order valence-electron chi connectivity index (χ2n) is 8.45. The summed E-state index contributed by atoms with van der Waals surface area (Å²) in [4.78, 5) is 32.4. The van der Waals surface area contributed by atoms with E-state index < -0.39 is 5.97 Å². The molecule has 5 aromatic rings. The summed E-state index contributed by atoms with van der Waals surface area (Å²) < 4.78 is 1.72. The summed E-state index contributed by atoms with van der Waals surface area (Å²) >= 11 is 0. The van der Waals surface area contributed by atoms with E-state index in [-0.39, 0.29) is 11.3 Å². The first kappa shape index (κ1) is 21.5. The van der Waals surface area contributed by atoms with Crippen LogP contribution in [-0.2, 0) is 13.5 Å². The van der Waals surface area contributed by atoms with Gasteiger partial charge in [-0.15, -0.1) is 0 Å². The number of pyridine rings is 3. The highest BCUT2D eigenvalue weighted by atomic mass is 16.4. The Labute approximate surface area is 196 Å². The van der Waals surface area contributed by atoms with Crippen molar-refractivity contribution < 1.29 is 9.90 Å². The maximum Gasteiger partial charge on any atom is 0.354 e. The van der Waals surface area contributed by atoms with Gasteiger partial charge in [-0.05, 0) is 65.8 Å². The molecule has 0 unspecified atom stereocenters. The van der Waals surface area contributed by atoms with Gasteiger partial charge in [0.05, 0.1) is 11.2 Å². The molecule has 1 N–H and O–H groups in total. The lowest BCUT2D eigenvalue weighted by Crippen LogP contribution is -2.19. The molecule has 2 aromatic carbocycles. The fourth-order valence-electron chi connectivity index (χ4n) is 4.44. The molecule has 0 aliphatic heterocycles. The number of carbonyl (C=O) groups is 1. The number of hydrogen-bond donors (Lipinski definition) is 1. The molecule has 0 spiro atoms. The summed E-state index contributed by atoms with van der Waals surface area (Å²) in [6.07, 6.45) is 4.24. The highest BCUT2D eigenvalue weighted by molar-refractivity contribution is 6.05. The van der Waals surface area contributed by atoms with Gasteiger partial charge in [-0.1, -0.05) is 31.2 Å². The summed E-state index contributed by atoms with van der Waals surface area (Å²) in [5.41, 5.74) is 6.38. The summed E-state index contributed by atoms with van der Waals surface area (Å²) in [5, 5.41) is 12.1. The zero-order valence-corrected chi connectivity index (χ0v) is 19.2. The summed E-state index contributed by atoms with van der Waals surface area (Å²) in [6, 6.07) is 17.6. The SMILES string of the molecule is CCc1cc(-c2cccc3cc(-c4ccc(C(=O)O)nc4)ncc23)c2cc(C)c(=O)n(C)c2c1. The van der Waals surface area contributed by atoms with E-state index in [1.807, 2.05) is 44.4 Å². The van der Waals surface area contributed by atoms with Gasteiger partial charge in [0.15, 0.2) is 0 Å². The molecule has 0 bridgehead atoms. The molecule has 5 rings (SSSR count). The molecule has 168 valence electrons. The highest BCUT2D eigenvalue weighted by Gasteiger charge is 2.14. The number of aromatic carboxylic acids is 1. The summed E-state index contributed by atoms with van der Waals surface area (Å²) in [7, 11) is 1.82. The molecule has 0 amide bonds. The minimum atomic E-state index is -1.06. The van der Waals surface area contributed by atoms with Crippen molar-refractivity contribution in [3.8, 4) is 22.4 Å². The van der Waals surface area contributed by atoms with Crippen LogP contribution in [0.1, 0.15) is 28.5 Å². The predicted octanol–water partition coefficient (Wildman–Crippen LogP) is 5.38. The zero-order chi connectivity index (χ0) is 24.0. The zero-order valence-electron chi connectivity index (χ0n) is 19.2. The van der Waals surface area contributed by atoms with Crippen molar-refractivity contribution in [2.24, 2.45) is 7.05 Å². The van der Waals surface area contributed by atoms with Gasteiger partial charge in [0.1, 0.15) is 5.69 Å². The number of carboxylic acid groups (broad SMARTS) is 1. The molecule has 0 aliphatic carbocycles. The van der Waals surface area contributed by atoms with Crippen LogP contribution in [-0.4, -0.2) is 25.6 Å². The lowest BCUT2D eigenvalue weighted by atomic mass is 9.93. The maximum absolute atomic E-state index is 12.6. The molecule has 34 heavy (non-hydrogen) atoms. The fraction of sp³-hybridized carbons (Fsp3) is 0.143. The van der Waals surface area contributed by atoms with Gasteiger partial charge >= 0.3 is 5.97 Å². The van der Waals surface area contributed by atoms with Crippen molar-refractivity contribution >= 4 is 27.6 Å². The topological polar surface area (TPSA) is 85.1 Å². The molecule has 3 heterocycles. The Balaban J connectivity index is 1.72. The van der Waals surface area contributed by atoms with E-state index in [4.69, 9.17) is 5.11 Å².